The molecule has 2 N–H and O–H groups in total. The quantitative estimate of drug-likeness (QED) is 0.865. The monoisotopic (exact) mass is 250 g/mol. The maximum atomic E-state index is 11.5. The van der Waals surface area contributed by atoms with Crippen LogP contribution in [0.4, 0.5) is 5.82 Å². The SMILES string of the molecule is CC(C)NC(=O)CNc1ncnc2sccc12. The van der Waals surface area contributed by atoms with Gasteiger partial charge >= 0.3 is 0 Å². The fraction of sp³-hybridized carbons (Fsp3) is 0.364. The molecule has 90 valence electrons. The highest BCUT2D eigenvalue weighted by atomic mass is 32.1. The highest BCUT2D eigenvalue weighted by molar-refractivity contribution is 7.16. The van der Waals surface area contributed by atoms with Crippen LogP contribution in [-0.4, -0.2) is 28.5 Å². The highest BCUT2D eigenvalue weighted by Gasteiger charge is 2.07. The molecule has 0 aliphatic heterocycles. The summed E-state index contributed by atoms with van der Waals surface area (Å²) in [6.45, 7) is 4.08. The number of anilines is 1. The molecule has 0 aliphatic rings. The number of rotatable bonds is 4. The summed E-state index contributed by atoms with van der Waals surface area (Å²) in [5, 5.41) is 8.75. The Hall–Kier alpha value is -1.69. The summed E-state index contributed by atoms with van der Waals surface area (Å²) < 4.78 is 0. The number of amides is 1. The van der Waals surface area contributed by atoms with Crippen molar-refractivity contribution >= 4 is 33.3 Å². The molecule has 17 heavy (non-hydrogen) atoms. The molecule has 0 fully saturated rings. The minimum Gasteiger partial charge on any atom is -0.360 e. The lowest BCUT2D eigenvalue weighted by molar-refractivity contribution is -0.119. The Bertz CT molecular complexity index is 523. The number of aromatic nitrogens is 2. The first-order chi connectivity index (χ1) is 8.16. The van der Waals surface area contributed by atoms with E-state index in [2.05, 4.69) is 20.6 Å². The molecule has 2 aromatic rings. The van der Waals surface area contributed by atoms with Gasteiger partial charge in [-0.2, -0.15) is 0 Å². The van der Waals surface area contributed by atoms with Crippen molar-refractivity contribution in [1.29, 1.82) is 0 Å². The fourth-order valence-corrected chi connectivity index (χ4v) is 2.20. The van der Waals surface area contributed by atoms with Gasteiger partial charge in [-0.25, -0.2) is 9.97 Å². The minimum absolute atomic E-state index is 0.0398. The van der Waals surface area contributed by atoms with Crippen LogP contribution in [0.15, 0.2) is 17.8 Å². The van der Waals surface area contributed by atoms with Crippen molar-refractivity contribution < 1.29 is 4.79 Å². The predicted octanol–water partition coefficient (Wildman–Crippen LogP) is 1.63. The van der Waals surface area contributed by atoms with Crippen molar-refractivity contribution in [3.05, 3.63) is 17.8 Å². The van der Waals surface area contributed by atoms with Gasteiger partial charge in [-0.3, -0.25) is 4.79 Å². The fourth-order valence-electron chi connectivity index (χ4n) is 1.47. The largest absolute Gasteiger partial charge is 0.360 e. The Morgan fingerprint density at radius 2 is 2.29 bits per heavy atom. The first kappa shape index (κ1) is 11.8. The molecule has 2 rings (SSSR count). The summed E-state index contributed by atoms with van der Waals surface area (Å²) in [4.78, 5) is 20.7. The van der Waals surface area contributed by atoms with E-state index < -0.39 is 0 Å². The van der Waals surface area contributed by atoms with Gasteiger partial charge in [0.25, 0.3) is 0 Å². The van der Waals surface area contributed by atoms with E-state index in [0.29, 0.717) is 5.82 Å². The highest BCUT2D eigenvalue weighted by Crippen LogP contribution is 2.23. The molecule has 0 aromatic carbocycles. The summed E-state index contributed by atoms with van der Waals surface area (Å²) in [6, 6.07) is 2.10. The first-order valence-corrected chi connectivity index (χ1v) is 6.26. The van der Waals surface area contributed by atoms with Crippen LogP contribution in [0.1, 0.15) is 13.8 Å². The number of thiophene rings is 1. The van der Waals surface area contributed by atoms with E-state index in [1.165, 1.54) is 6.33 Å². The Morgan fingerprint density at radius 3 is 3.06 bits per heavy atom. The number of nitrogens with zero attached hydrogens (tertiary/aromatic N) is 2. The van der Waals surface area contributed by atoms with Crippen molar-refractivity contribution in [2.75, 3.05) is 11.9 Å². The van der Waals surface area contributed by atoms with Gasteiger partial charge < -0.3 is 10.6 Å². The van der Waals surface area contributed by atoms with Crippen LogP contribution in [0.5, 0.6) is 0 Å². The Morgan fingerprint density at radius 1 is 1.47 bits per heavy atom. The number of carbonyl (C=O) groups is 1. The van der Waals surface area contributed by atoms with Crippen molar-refractivity contribution in [3.63, 3.8) is 0 Å². The average molecular weight is 250 g/mol. The van der Waals surface area contributed by atoms with Crippen LogP contribution in [0.25, 0.3) is 10.2 Å². The molecule has 0 saturated carbocycles. The lowest BCUT2D eigenvalue weighted by atomic mass is 10.3. The molecule has 0 aliphatic carbocycles. The lowest BCUT2D eigenvalue weighted by Gasteiger charge is -2.09. The molecule has 0 unspecified atom stereocenters. The van der Waals surface area contributed by atoms with Crippen molar-refractivity contribution in [2.24, 2.45) is 0 Å². The third kappa shape index (κ3) is 2.91. The maximum absolute atomic E-state index is 11.5. The second-order valence-corrected chi connectivity index (χ2v) is 4.83. The van der Waals surface area contributed by atoms with Gasteiger partial charge in [0.15, 0.2) is 0 Å². The van der Waals surface area contributed by atoms with Crippen LogP contribution in [0.2, 0.25) is 0 Å². The van der Waals surface area contributed by atoms with E-state index in [4.69, 9.17) is 0 Å². The van der Waals surface area contributed by atoms with Crippen LogP contribution in [0, 0.1) is 0 Å². The van der Waals surface area contributed by atoms with Crippen LogP contribution >= 0.6 is 11.3 Å². The number of nitrogens with one attached hydrogen (secondary N) is 2. The van der Waals surface area contributed by atoms with Gasteiger partial charge in [0, 0.05) is 6.04 Å². The molecule has 1 amide bonds. The average Bonchev–Trinajstić information content (AvgIpc) is 2.73. The lowest BCUT2D eigenvalue weighted by Crippen LogP contribution is -2.34. The first-order valence-electron chi connectivity index (χ1n) is 5.38. The Labute approximate surface area is 103 Å². The standard InChI is InChI=1S/C11H14N4OS/c1-7(2)15-9(16)5-12-10-8-3-4-17-11(8)14-6-13-10/h3-4,6-7H,5H2,1-2H3,(H,15,16)(H,12,13,14). The van der Waals surface area contributed by atoms with Gasteiger partial charge in [0.1, 0.15) is 17.0 Å². The van der Waals surface area contributed by atoms with Crippen LogP contribution in [0.3, 0.4) is 0 Å². The molecule has 2 aromatic heterocycles. The molecule has 0 saturated heterocycles. The molecular weight excluding hydrogens is 236 g/mol. The van der Waals surface area contributed by atoms with E-state index in [9.17, 15) is 4.79 Å². The molecule has 0 bridgehead atoms. The minimum atomic E-state index is -0.0398. The molecular formula is C11H14N4OS. The normalized spacial score (nSPS) is 10.8. The number of fused-ring (bicyclic) bond motifs is 1. The van der Waals surface area contributed by atoms with Crippen molar-refractivity contribution in [3.8, 4) is 0 Å². The third-order valence-electron chi connectivity index (χ3n) is 2.13. The van der Waals surface area contributed by atoms with E-state index in [0.717, 1.165) is 10.2 Å². The van der Waals surface area contributed by atoms with Crippen molar-refractivity contribution in [1.82, 2.24) is 15.3 Å². The number of hydrogen-bond acceptors (Lipinski definition) is 5. The second kappa shape index (κ2) is 5.09. The molecule has 5 nitrogen and oxygen atoms in total. The van der Waals surface area contributed by atoms with E-state index in [-0.39, 0.29) is 18.5 Å². The van der Waals surface area contributed by atoms with Gasteiger partial charge in [0.2, 0.25) is 5.91 Å². The van der Waals surface area contributed by atoms with Gasteiger partial charge in [-0.1, -0.05) is 0 Å². The van der Waals surface area contributed by atoms with Gasteiger partial charge in [-0.15, -0.1) is 11.3 Å². The molecule has 2 heterocycles. The van der Waals surface area contributed by atoms with E-state index in [1.54, 1.807) is 11.3 Å². The number of hydrogen-bond donors (Lipinski definition) is 2. The maximum Gasteiger partial charge on any atom is 0.239 e. The summed E-state index contributed by atoms with van der Waals surface area (Å²) in [6.07, 6.45) is 1.50. The summed E-state index contributed by atoms with van der Waals surface area (Å²) in [7, 11) is 0. The van der Waals surface area contributed by atoms with Gasteiger partial charge in [-0.05, 0) is 25.3 Å². The molecule has 6 heteroatoms. The smallest absolute Gasteiger partial charge is 0.239 e. The zero-order valence-electron chi connectivity index (χ0n) is 9.73. The van der Waals surface area contributed by atoms with E-state index >= 15 is 0 Å². The van der Waals surface area contributed by atoms with Crippen molar-refractivity contribution in [2.45, 2.75) is 19.9 Å². The summed E-state index contributed by atoms with van der Waals surface area (Å²) >= 11 is 1.55. The Balaban J connectivity index is 2.04. The molecule has 0 spiro atoms. The summed E-state index contributed by atoms with van der Waals surface area (Å²) in [5.41, 5.74) is 0. The van der Waals surface area contributed by atoms with Crippen LogP contribution < -0.4 is 10.6 Å². The Kier molecular flexibility index (Phi) is 3.53. The molecule has 0 radical (unpaired) electrons. The third-order valence-corrected chi connectivity index (χ3v) is 2.95. The van der Waals surface area contributed by atoms with Gasteiger partial charge in [0.05, 0.1) is 11.9 Å². The van der Waals surface area contributed by atoms with E-state index in [1.807, 2.05) is 25.3 Å². The second-order valence-electron chi connectivity index (χ2n) is 3.94. The topological polar surface area (TPSA) is 66.9 Å². The molecule has 0 atom stereocenters. The van der Waals surface area contributed by atoms with Crippen LogP contribution in [-0.2, 0) is 4.79 Å². The number of carbonyl (C=O) groups excluding carboxylic acids is 1. The predicted molar refractivity (Wildman–Crippen MR) is 69.2 cm³/mol. The summed E-state index contributed by atoms with van der Waals surface area (Å²) in [5.74, 6) is 0.664. The zero-order valence-corrected chi connectivity index (χ0v) is 10.5. The zero-order chi connectivity index (χ0) is 12.3.